The first kappa shape index (κ1) is 31.9. The monoisotopic (exact) mass is 519 g/mol. The van der Waals surface area contributed by atoms with E-state index in [1.165, 1.54) is 12.0 Å². The fourth-order valence-corrected chi connectivity index (χ4v) is 3.86. The number of methoxy groups -OCH3 is 1. The summed E-state index contributed by atoms with van der Waals surface area (Å²) in [6.07, 6.45) is 5.35. The number of nitrogens with one attached hydrogen (secondary N) is 2. The third-order valence-corrected chi connectivity index (χ3v) is 5.78. The molecule has 37 heavy (non-hydrogen) atoms. The van der Waals surface area contributed by atoms with Crippen LogP contribution in [0, 0.1) is 13.8 Å². The van der Waals surface area contributed by atoms with Crippen LogP contribution in [0.15, 0.2) is 18.2 Å². The molecule has 1 aromatic rings. The molecule has 0 aliphatic carbocycles. The molecule has 0 radical (unpaired) electrons. The van der Waals surface area contributed by atoms with Crippen molar-refractivity contribution in [3.05, 3.63) is 34.9 Å². The summed E-state index contributed by atoms with van der Waals surface area (Å²) in [6.45, 7) is 10.8. The number of ether oxygens (including phenoxy) is 2. The summed E-state index contributed by atoms with van der Waals surface area (Å²) in [5.41, 5.74) is 1.73. The highest BCUT2D eigenvalue weighted by Gasteiger charge is 2.33. The number of nitrogens with zero attached hydrogens (tertiary/aromatic N) is 1. The van der Waals surface area contributed by atoms with Crippen molar-refractivity contribution in [2.75, 3.05) is 26.7 Å². The summed E-state index contributed by atoms with van der Waals surface area (Å²) in [4.78, 5) is 52.3. The maximum absolute atomic E-state index is 13.5. The molecule has 3 amide bonds. The molecular weight excluding hydrogens is 474 g/mol. The zero-order valence-corrected chi connectivity index (χ0v) is 23.6. The molecule has 0 aliphatic heterocycles. The number of unbranched alkanes of at least 4 members (excludes halogenated alkanes) is 5. The van der Waals surface area contributed by atoms with Gasteiger partial charge >= 0.3 is 12.1 Å². The lowest BCUT2D eigenvalue weighted by Gasteiger charge is -2.32. The highest BCUT2D eigenvalue weighted by atomic mass is 16.6. The van der Waals surface area contributed by atoms with Gasteiger partial charge in [0, 0.05) is 6.54 Å². The Morgan fingerprint density at radius 1 is 0.946 bits per heavy atom. The summed E-state index contributed by atoms with van der Waals surface area (Å²) < 4.78 is 9.91. The highest BCUT2D eigenvalue weighted by molar-refractivity contribution is 5.92. The van der Waals surface area contributed by atoms with E-state index in [0.717, 1.165) is 43.2 Å². The van der Waals surface area contributed by atoms with Crippen LogP contribution in [-0.4, -0.2) is 61.1 Å². The first-order valence-corrected chi connectivity index (χ1v) is 13.1. The van der Waals surface area contributed by atoms with Crippen molar-refractivity contribution in [2.24, 2.45) is 0 Å². The van der Waals surface area contributed by atoms with Crippen LogP contribution in [-0.2, 0) is 23.9 Å². The highest BCUT2D eigenvalue weighted by Crippen LogP contribution is 2.27. The number of alkyl carbamates (subject to hydrolysis) is 1. The van der Waals surface area contributed by atoms with E-state index < -0.39 is 35.5 Å². The first-order chi connectivity index (χ1) is 17.4. The van der Waals surface area contributed by atoms with Gasteiger partial charge in [-0.3, -0.25) is 14.4 Å². The second-order valence-corrected chi connectivity index (χ2v) is 10.3. The van der Waals surface area contributed by atoms with E-state index in [4.69, 9.17) is 4.74 Å². The number of carbonyl (C=O) groups excluding carboxylic acids is 4. The number of esters is 1. The number of aryl methyl sites for hydroxylation is 2. The molecular formula is C28H45N3O6. The van der Waals surface area contributed by atoms with Crippen LogP contribution < -0.4 is 10.6 Å². The molecule has 0 aromatic heterocycles. The Balaban J connectivity index is 3.25. The van der Waals surface area contributed by atoms with Crippen molar-refractivity contribution in [1.29, 1.82) is 0 Å². The average Bonchev–Trinajstić information content (AvgIpc) is 2.83. The van der Waals surface area contributed by atoms with Gasteiger partial charge in [0.25, 0.3) is 0 Å². The maximum atomic E-state index is 13.5. The van der Waals surface area contributed by atoms with Crippen LogP contribution >= 0.6 is 0 Å². The normalized spacial score (nSPS) is 11.9. The molecule has 2 N–H and O–H groups in total. The predicted octanol–water partition coefficient (Wildman–Crippen LogP) is 4.35. The Hall–Kier alpha value is -3.10. The van der Waals surface area contributed by atoms with Gasteiger partial charge in [0.15, 0.2) is 0 Å². The second kappa shape index (κ2) is 15.9. The van der Waals surface area contributed by atoms with E-state index in [-0.39, 0.29) is 13.1 Å². The minimum atomic E-state index is -0.979. The molecule has 0 fully saturated rings. The summed E-state index contributed by atoms with van der Waals surface area (Å²) in [7, 11) is 1.24. The zero-order valence-electron chi connectivity index (χ0n) is 23.6. The van der Waals surface area contributed by atoms with Crippen molar-refractivity contribution >= 4 is 23.9 Å². The fraction of sp³-hybridized carbons (Fsp3) is 0.643. The third kappa shape index (κ3) is 12.1. The summed E-state index contributed by atoms with van der Waals surface area (Å²) >= 11 is 0. The number of carbonyl (C=O) groups is 4. The van der Waals surface area contributed by atoms with Crippen molar-refractivity contribution in [2.45, 2.75) is 91.7 Å². The van der Waals surface area contributed by atoms with Crippen molar-refractivity contribution < 1.29 is 28.7 Å². The van der Waals surface area contributed by atoms with Gasteiger partial charge in [-0.05, 0) is 52.2 Å². The molecule has 0 aliphatic rings. The number of benzene rings is 1. The molecule has 1 aromatic carbocycles. The maximum Gasteiger partial charge on any atom is 0.408 e. The standard InChI is InChI=1S/C28H45N3O6/c1-8-9-10-11-12-13-16-31(23(32)18-30-27(35)37-28(4,5)6)25(26(34)29-19-24(33)36-7)22-17-20(2)14-15-21(22)3/h14-15,17,25H,8-13,16,18-19H2,1-7H3,(H,29,34)(H,30,35). The minimum Gasteiger partial charge on any atom is -0.468 e. The number of hydrogen-bond donors (Lipinski definition) is 2. The summed E-state index contributed by atoms with van der Waals surface area (Å²) in [5, 5.41) is 5.12. The molecule has 9 heteroatoms. The van der Waals surface area contributed by atoms with Crippen LogP contribution in [0.2, 0.25) is 0 Å². The number of rotatable bonds is 14. The zero-order chi connectivity index (χ0) is 28.0. The summed E-state index contributed by atoms with van der Waals surface area (Å²) in [6, 6.07) is 4.73. The molecule has 208 valence electrons. The lowest BCUT2D eigenvalue weighted by molar-refractivity contribution is -0.143. The predicted molar refractivity (Wildman–Crippen MR) is 143 cm³/mol. The molecule has 9 nitrogen and oxygen atoms in total. The first-order valence-electron chi connectivity index (χ1n) is 13.1. The van der Waals surface area contributed by atoms with Crippen LogP contribution in [0.25, 0.3) is 0 Å². The van der Waals surface area contributed by atoms with Crippen LogP contribution in [0.3, 0.4) is 0 Å². The molecule has 0 heterocycles. The Morgan fingerprint density at radius 2 is 1.59 bits per heavy atom. The SMILES string of the molecule is CCCCCCCCN(C(=O)CNC(=O)OC(C)(C)C)C(C(=O)NCC(=O)OC)c1cc(C)ccc1C. The molecule has 1 atom stereocenters. The Bertz CT molecular complexity index is 910. The third-order valence-electron chi connectivity index (χ3n) is 5.78. The molecule has 0 saturated carbocycles. The molecule has 0 bridgehead atoms. The van der Waals surface area contributed by atoms with Crippen LogP contribution in [0.1, 0.15) is 89.0 Å². The minimum absolute atomic E-state index is 0.314. The van der Waals surface area contributed by atoms with E-state index in [9.17, 15) is 19.2 Å². The van der Waals surface area contributed by atoms with Crippen LogP contribution in [0.5, 0.6) is 0 Å². The van der Waals surface area contributed by atoms with Crippen molar-refractivity contribution in [1.82, 2.24) is 15.5 Å². The van der Waals surface area contributed by atoms with Gasteiger partial charge in [-0.2, -0.15) is 0 Å². The second-order valence-electron chi connectivity index (χ2n) is 10.3. The van der Waals surface area contributed by atoms with Gasteiger partial charge in [0.1, 0.15) is 24.7 Å². The van der Waals surface area contributed by atoms with E-state index in [1.54, 1.807) is 20.8 Å². The number of amides is 3. The lowest BCUT2D eigenvalue weighted by Crippen LogP contribution is -2.49. The van der Waals surface area contributed by atoms with Gasteiger partial charge in [-0.1, -0.05) is 62.8 Å². The summed E-state index contributed by atoms with van der Waals surface area (Å²) in [5.74, 6) is -1.50. The smallest absolute Gasteiger partial charge is 0.408 e. The Labute approximate surface area is 221 Å². The molecule has 0 saturated heterocycles. The Kier molecular flexibility index (Phi) is 13.7. The van der Waals surface area contributed by atoms with Gasteiger partial charge in [0.2, 0.25) is 11.8 Å². The average molecular weight is 520 g/mol. The van der Waals surface area contributed by atoms with Gasteiger partial charge in [0.05, 0.1) is 7.11 Å². The number of hydrogen-bond acceptors (Lipinski definition) is 6. The largest absolute Gasteiger partial charge is 0.468 e. The van der Waals surface area contributed by atoms with E-state index >= 15 is 0 Å². The van der Waals surface area contributed by atoms with Gasteiger partial charge in [-0.15, -0.1) is 0 Å². The molecule has 1 rings (SSSR count). The van der Waals surface area contributed by atoms with Crippen molar-refractivity contribution in [3.8, 4) is 0 Å². The molecule has 0 spiro atoms. The Morgan fingerprint density at radius 3 is 2.22 bits per heavy atom. The fourth-order valence-electron chi connectivity index (χ4n) is 3.86. The van der Waals surface area contributed by atoms with Gasteiger partial charge < -0.3 is 25.0 Å². The van der Waals surface area contributed by atoms with E-state index in [1.807, 2.05) is 32.0 Å². The molecule has 1 unspecified atom stereocenters. The van der Waals surface area contributed by atoms with Crippen molar-refractivity contribution in [3.63, 3.8) is 0 Å². The topological polar surface area (TPSA) is 114 Å². The van der Waals surface area contributed by atoms with E-state index in [2.05, 4.69) is 22.3 Å². The van der Waals surface area contributed by atoms with Gasteiger partial charge in [-0.25, -0.2) is 4.79 Å². The van der Waals surface area contributed by atoms with Crippen LogP contribution in [0.4, 0.5) is 4.79 Å². The lowest BCUT2D eigenvalue weighted by atomic mass is 9.96. The quantitative estimate of drug-likeness (QED) is 0.279. The van der Waals surface area contributed by atoms with E-state index in [0.29, 0.717) is 18.5 Å².